The number of ether oxygens (including phenoxy) is 1. The van der Waals surface area contributed by atoms with Gasteiger partial charge in [0, 0.05) is 12.5 Å². The number of aliphatic hydroxyl groups is 1. The molecular weight excluding hydrogens is 442 g/mol. The van der Waals surface area contributed by atoms with Crippen LogP contribution in [0.15, 0.2) is 37.4 Å². The number of hydrogen-bond donors (Lipinski definition) is 4. The van der Waals surface area contributed by atoms with E-state index in [4.69, 9.17) is 4.74 Å². The van der Waals surface area contributed by atoms with Crippen molar-refractivity contribution in [3.05, 3.63) is 48.8 Å². The normalized spacial score (nSPS) is 13.1. The fourth-order valence-electron chi connectivity index (χ4n) is 2.81. The van der Waals surface area contributed by atoms with Crippen molar-refractivity contribution in [2.45, 2.75) is 38.2 Å². The number of carbonyl (C=O) groups excluding carboxylic acids is 2. The number of amides is 2. The van der Waals surface area contributed by atoms with Gasteiger partial charge in [-0.25, -0.2) is 29.7 Å². The topological polar surface area (TPSA) is 177 Å². The molecule has 3 heterocycles. The Hall–Kier alpha value is -4.26. The summed E-state index contributed by atoms with van der Waals surface area (Å²) in [5.74, 6) is -0.301. The van der Waals surface area contributed by atoms with E-state index in [1.54, 1.807) is 6.20 Å². The minimum absolute atomic E-state index is 0.0366. The molecule has 0 bridgehead atoms. The van der Waals surface area contributed by atoms with E-state index in [-0.39, 0.29) is 35.5 Å². The number of nitrogens with one attached hydrogen (secondary N) is 3. The second kappa shape index (κ2) is 9.70. The Bertz CT molecular complexity index is 1180. The Balaban J connectivity index is 1.54. The lowest BCUT2D eigenvalue weighted by atomic mass is 10.1. The third-order valence-corrected chi connectivity index (χ3v) is 4.60. The first-order valence-corrected chi connectivity index (χ1v) is 10.5. The van der Waals surface area contributed by atoms with Gasteiger partial charge in [0.25, 0.3) is 11.8 Å². The van der Waals surface area contributed by atoms with Crippen molar-refractivity contribution in [3.8, 4) is 5.88 Å². The number of rotatable bonds is 8. The summed E-state index contributed by atoms with van der Waals surface area (Å²) in [6.07, 6.45) is 9.67. The van der Waals surface area contributed by atoms with Crippen molar-refractivity contribution in [1.29, 1.82) is 0 Å². The molecule has 0 aromatic carbocycles. The van der Waals surface area contributed by atoms with Crippen molar-refractivity contribution in [1.82, 2.24) is 35.2 Å². The Morgan fingerprint density at radius 2 is 1.82 bits per heavy atom. The van der Waals surface area contributed by atoms with Crippen molar-refractivity contribution < 1.29 is 19.4 Å². The van der Waals surface area contributed by atoms with E-state index < -0.39 is 17.6 Å². The van der Waals surface area contributed by atoms with Crippen molar-refractivity contribution in [2.75, 3.05) is 17.2 Å². The maximum atomic E-state index is 13.2. The lowest BCUT2D eigenvalue weighted by Gasteiger charge is -2.17. The molecule has 3 aromatic heterocycles. The van der Waals surface area contributed by atoms with Crippen LogP contribution in [-0.2, 0) is 0 Å². The standard InChI is InChI=1S/C21H23N9O4/c1-21(2,33)9-26-20(32)34-19-15(7-24-11-27-19)30-18(31)16-17(28-13-5-22-10-23-6-13)25-8-14(29-16)12-3-4-12/h5-8,10-12,33H,3-4,9H2,1-2H3,(H,25,28)(H,26,32)(H,30,31). The molecule has 0 atom stereocenters. The first kappa shape index (κ1) is 22.9. The molecule has 0 aliphatic heterocycles. The molecule has 0 spiro atoms. The molecule has 0 unspecified atom stereocenters. The number of hydrogen-bond acceptors (Lipinski definition) is 11. The van der Waals surface area contributed by atoms with Crippen LogP contribution < -0.4 is 20.7 Å². The summed E-state index contributed by atoms with van der Waals surface area (Å²) >= 11 is 0. The number of carbonyl (C=O) groups is 2. The Labute approximate surface area is 194 Å². The molecule has 1 aliphatic rings. The highest BCUT2D eigenvalue weighted by atomic mass is 16.6. The molecule has 2 amide bonds. The van der Waals surface area contributed by atoms with Gasteiger partial charge < -0.3 is 25.8 Å². The SMILES string of the molecule is CC(C)(O)CNC(=O)Oc1ncncc1NC(=O)c1nc(C2CC2)cnc1Nc1cncnc1. The maximum Gasteiger partial charge on any atom is 0.414 e. The zero-order valence-corrected chi connectivity index (χ0v) is 18.5. The van der Waals surface area contributed by atoms with E-state index in [0.29, 0.717) is 11.4 Å². The highest BCUT2D eigenvalue weighted by Crippen LogP contribution is 2.39. The van der Waals surface area contributed by atoms with Gasteiger partial charge in [-0.05, 0) is 26.7 Å². The second-order valence-electron chi connectivity index (χ2n) is 8.27. The van der Waals surface area contributed by atoms with Gasteiger partial charge >= 0.3 is 6.09 Å². The van der Waals surface area contributed by atoms with Gasteiger partial charge in [-0.1, -0.05) is 0 Å². The van der Waals surface area contributed by atoms with E-state index in [9.17, 15) is 14.7 Å². The van der Waals surface area contributed by atoms with Crippen LogP contribution in [0.4, 0.5) is 22.0 Å². The van der Waals surface area contributed by atoms with Gasteiger partial charge in [-0.15, -0.1) is 0 Å². The largest absolute Gasteiger partial charge is 0.414 e. The highest BCUT2D eigenvalue weighted by molar-refractivity contribution is 6.06. The predicted molar refractivity (Wildman–Crippen MR) is 120 cm³/mol. The van der Waals surface area contributed by atoms with Crippen molar-refractivity contribution in [2.24, 2.45) is 0 Å². The first-order chi connectivity index (χ1) is 16.3. The van der Waals surface area contributed by atoms with Crippen LogP contribution >= 0.6 is 0 Å². The Morgan fingerprint density at radius 3 is 2.53 bits per heavy atom. The van der Waals surface area contributed by atoms with Gasteiger partial charge in [-0.2, -0.15) is 4.98 Å². The molecule has 34 heavy (non-hydrogen) atoms. The van der Waals surface area contributed by atoms with Gasteiger partial charge in [0.05, 0.1) is 41.8 Å². The van der Waals surface area contributed by atoms with Crippen LogP contribution in [0.3, 0.4) is 0 Å². The molecule has 1 fully saturated rings. The zero-order chi connectivity index (χ0) is 24.1. The van der Waals surface area contributed by atoms with Crippen LogP contribution in [-0.4, -0.2) is 59.2 Å². The third kappa shape index (κ3) is 6.16. The van der Waals surface area contributed by atoms with Crippen molar-refractivity contribution in [3.63, 3.8) is 0 Å². The molecular formula is C21H23N9O4. The van der Waals surface area contributed by atoms with Crippen molar-refractivity contribution >= 4 is 29.2 Å². The maximum absolute atomic E-state index is 13.2. The molecule has 1 saturated carbocycles. The van der Waals surface area contributed by atoms with Crippen LogP contribution in [0.2, 0.25) is 0 Å². The quantitative estimate of drug-likeness (QED) is 0.381. The van der Waals surface area contributed by atoms with E-state index >= 15 is 0 Å². The van der Waals surface area contributed by atoms with E-state index in [1.165, 1.54) is 45.1 Å². The second-order valence-corrected chi connectivity index (χ2v) is 8.27. The van der Waals surface area contributed by atoms with Gasteiger partial charge in [0.2, 0.25) is 0 Å². The lowest BCUT2D eigenvalue weighted by Crippen LogP contribution is -2.39. The van der Waals surface area contributed by atoms with Gasteiger partial charge in [0.1, 0.15) is 18.3 Å². The average molecular weight is 465 g/mol. The molecule has 0 saturated heterocycles. The van der Waals surface area contributed by atoms with E-state index in [0.717, 1.165) is 12.8 Å². The van der Waals surface area contributed by atoms with Gasteiger partial charge in [-0.3, -0.25) is 4.79 Å². The Kier molecular flexibility index (Phi) is 6.54. The minimum atomic E-state index is -1.12. The number of nitrogens with zero attached hydrogens (tertiary/aromatic N) is 6. The summed E-state index contributed by atoms with van der Waals surface area (Å²) in [4.78, 5) is 49.8. The predicted octanol–water partition coefficient (Wildman–Crippen LogP) is 1.79. The molecule has 4 N–H and O–H groups in total. The zero-order valence-electron chi connectivity index (χ0n) is 18.5. The first-order valence-electron chi connectivity index (χ1n) is 10.5. The minimum Gasteiger partial charge on any atom is -0.389 e. The lowest BCUT2D eigenvalue weighted by molar-refractivity contribution is 0.0790. The molecule has 0 radical (unpaired) electrons. The number of anilines is 3. The molecule has 13 nitrogen and oxygen atoms in total. The Morgan fingerprint density at radius 1 is 1.09 bits per heavy atom. The summed E-state index contributed by atoms with van der Waals surface area (Å²) in [6.45, 7) is 3.03. The molecule has 4 rings (SSSR count). The molecule has 13 heteroatoms. The van der Waals surface area contributed by atoms with Gasteiger partial charge in [0.15, 0.2) is 11.5 Å². The molecule has 176 valence electrons. The van der Waals surface area contributed by atoms with Crippen LogP contribution in [0.25, 0.3) is 0 Å². The summed E-state index contributed by atoms with van der Waals surface area (Å²) in [5.41, 5.74) is 0.209. The molecule has 1 aliphatic carbocycles. The monoisotopic (exact) mass is 465 g/mol. The van der Waals surface area contributed by atoms with E-state index in [1.807, 2.05) is 0 Å². The van der Waals surface area contributed by atoms with Crippen LogP contribution in [0.5, 0.6) is 5.88 Å². The number of aromatic nitrogens is 6. The van der Waals surface area contributed by atoms with Crippen LogP contribution in [0.1, 0.15) is 48.8 Å². The molecule has 3 aromatic rings. The smallest absolute Gasteiger partial charge is 0.389 e. The summed E-state index contributed by atoms with van der Waals surface area (Å²) in [7, 11) is 0. The summed E-state index contributed by atoms with van der Waals surface area (Å²) < 4.78 is 5.18. The van der Waals surface area contributed by atoms with E-state index in [2.05, 4.69) is 45.9 Å². The summed E-state index contributed by atoms with van der Waals surface area (Å²) in [5, 5.41) is 17.8. The summed E-state index contributed by atoms with van der Waals surface area (Å²) in [6, 6.07) is 0. The third-order valence-electron chi connectivity index (χ3n) is 4.60. The fraction of sp³-hybridized carbons (Fsp3) is 0.333. The van der Waals surface area contributed by atoms with Crippen LogP contribution in [0, 0.1) is 0 Å². The fourth-order valence-corrected chi connectivity index (χ4v) is 2.81. The average Bonchev–Trinajstić information content (AvgIpc) is 3.65. The highest BCUT2D eigenvalue weighted by Gasteiger charge is 2.28.